The van der Waals surface area contributed by atoms with Crippen LogP contribution in [0.5, 0.6) is 0 Å². The van der Waals surface area contributed by atoms with Gasteiger partial charge in [0.2, 0.25) is 0 Å². The first kappa shape index (κ1) is 16.4. The van der Waals surface area contributed by atoms with Crippen LogP contribution in [0.3, 0.4) is 0 Å². The molecule has 6 nitrogen and oxygen atoms in total. The SMILES string of the molecule is CCn1ncc2c1nc1c3c(nn(CCCCO)c32)-c2ccccc2CC1. The highest BCUT2D eigenvalue weighted by atomic mass is 16.2. The van der Waals surface area contributed by atoms with E-state index in [1.165, 1.54) is 16.5 Å². The first-order chi connectivity index (χ1) is 13.3. The second-order valence-electron chi connectivity index (χ2n) is 7.14. The first-order valence-corrected chi connectivity index (χ1v) is 9.76. The van der Waals surface area contributed by atoms with E-state index >= 15 is 0 Å². The molecule has 0 unspecified atom stereocenters. The highest BCUT2D eigenvalue weighted by Crippen LogP contribution is 2.38. The van der Waals surface area contributed by atoms with Crippen LogP contribution in [0.4, 0.5) is 0 Å². The van der Waals surface area contributed by atoms with Crippen LogP contribution in [-0.4, -0.2) is 36.3 Å². The summed E-state index contributed by atoms with van der Waals surface area (Å²) < 4.78 is 4.08. The molecule has 0 amide bonds. The summed E-state index contributed by atoms with van der Waals surface area (Å²) in [6, 6.07) is 8.56. The van der Waals surface area contributed by atoms with Crippen LogP contribution in [0.15, 0.2) is 30.5 Å². The maximum atomic E-state index is 9.18. The van der Waals surface area contributed by atoms with Gasteiger partial charge < -0.3 is 5.11 Å². The lowest BCUT2D eigenvalue weighted by Crippen LogP contribution is -2.04. The normalized spacial score (nSPS) is 13.3. The van der Waals surface area contributed by atoms with Crippen LogP contribution in [0.2, 0.25) is 0 Å². The van der Waals surface area contributed by atoms with Crippen molar-refractivity contribution in [3.8, 4) is 11.3 Å². The molecule has 0 bridgehead atoms. The third-order valence-corrected chi connectivity index (χ3v) is 5.53. The number of rotatable bonds is 5. The second-order valence-corrected chi connectivity index (χ2v) is 7.14. The van der Waals surface area contributed by atoms with Crippen molar-refractivity contribution < 1.29 is 5.11 Å². The quantitative estimate of drug-likeness (QED) is 0.554. The molecule has 4 aromatic rings. The maximum absolute atomic E-state index is 9.18. The molecule has 27 heavy (non-hydrogen) atoms. The number of benzene rings is 1. The molecular formula is C21H23N5O. The van der Waals surface area contributed by atoms with Gasteiger partial charge in [-0.25, -0.2) is 9.67 Å². The van der Waals surface area contributed by atoms with Gasteiger partial charge in [-0.2, -0.15) is 10.2 Å². The summed E-state index contributed by atoms with van der Waals surface area (Å²) in [5.74, 6) is 0. The number of aryl methyl sites for hydroxylation is 4. The van der Waals surface area contributed by atoms with Crippen LogP contribution in [-0.2, 0) is 25.9 Å². The van der Waals surface area contributed by atoms with Gasteiger partial charge in [0.25, 0.3) is 0 Å². The van der Waals surface area contributed by atoms with Crippen molar-refractivity contribution in [3.63, 3.8) is 0 Å². The van der Waals surface area contributed by atoms with Gasteiger partial charge in [0.1, 0.15) is 5.69 Å². The van der Waals surface area contributed by atoms with Crippen LogP contribution in [0.25, 0.3) is 33.2 Å². The van der Waals surface area contributed by atoms with E-state index in [0.717, 1.165) is 66.7 Å². The number of nitrogens with zero attached hydrogens (tertiary/aromatic N) is 5. The molecule has 3 aromatic heterocycles. The highest BCUT2D eigenvalue weighted by molar-refractivity contribution is 6.09. The van der Waals surface area contributed by atoms with Gasteiger partial charge in [-0.1, -0.05) is 24.3 Å². The van der Waals surface area contributed by atoms with E-state index in [4.69, 9.17) is 10.1 Å². The Balaban J connectivity index is 1.83. The summed E-state index contributed by atoms with van der Waals surface area (Å²) in [4.78, 5) is 5.02. The molecule has 1 aromatic carbocycles. The van der Waals surface area contributed by atoms with Crippen LogP contribution in [0.1, 0.15) is 31.0 Å². The van der Waals surface area contributed by atoms with Crippen molar-refractivity contribution in [2.75, 3.05) is 6.61 Å². The predicted octanol–water partition coefficient (Wildman–Crippen LogP) is 3.34. The Morgan fingerprint density at radius 3 is 2.85 bits per heavy atom. The molecule has 1 N–H and O–H groups in total. The average molecular weight is 361 g/mol. The number of hydrogen-bond acceptors (Lipinski definition) is 4. The van der Waals surface area contributed by atoms with E-state index in [2.05, 4.69) is 41.0 Å². The van der Waals surface area contributed by atoms with E-state index in [0.29, 0.717) is 0 Å². The van der Waals surface area contributed by atoms with Gasteiger partial charge in [-0.05, 0) is 38.2 Å². The van der Waals surface area contributed by atoms with Crippen LogP contribution in [0, 0.1) is 0 Å². The molecule has 0 atom stereocenters. The van der Waals surface area contributed by atoms with Gasteiger partial charge in [-0.3, -0.25) is 4.68 Å². The van der Waals surface area contributed by atoms with E-state index < -0.39 is 0 Å². The Morgan fingerprint density at radius 1 is 1.11 bits per heavy atom. The van der Waals surface area contributed by atoms with Crippen LogP contribution < -0.4 is 0 Å². The summed E-state index contributed by atoms with van der Waals surface area (Å²) in [5, 5.41) is 21.0. The number of unbranched alkanes of at least 4 members (excludes halogenated alkanes) is 1. The Bertz CT molecular complexity index is 1140. The number of aliphatic hydroxyl groups excluding tert-OH is 1. The minimum absolute atomic E-state index is 0.213. The first-order valence-electron chi connectivity index (χ1n) is 9.76. The Hall–Kier alpha value is -2.73. The van der Waals surface area contributed by atoms with Crippen molar-refractivity contribution in [1.82, 2.24) is 24.5 Å². The van der Waals surface area contributed by atoms with Gasteiger partial charge in [0, 0.05) is 25.3 Å². The molecule has 3 heterocycles. The maximum Gasteiger partial charge on any atom is 0.160 e. The highest BCUT2D eigenvalue weighted by Gasteiger charge is 2.25. The zero-order valence-corrected chi connectivity index (χ0v) is 15.5. The van der Waals surface area contributed by atoms with Crippen molar-refractivity contribution in [3.05, 3.63) is 41.7 Å². The molecule has 0 radical (unpaired) electrons. The summed E-state index contributed by atoms with van der Waals surface area (Å²) >= 11 is 0. The molecule has 0 saturated heterocycles. The molecule has 138 valence electrons. The lowest BCUT2D eigenvalue weighted by molar-refractivity contribution is 0.280. The summed E-state index contributed by atoms with van der Waals surface area (Å²) in [6.45, 7) is 3.89. The van der Waals surface area contributed by atoms with E-state index in [1.807, 2.05) is 10.9 Å². The molecule has 1 aliphatic rings. The fraction of sp³-hybridized carbons (Fsp3) is 0.381. The molecule has 0 aliphatic heterocycles. The molecular weight excluding hydrogens is 338 g/mol. The molecule has 0 spiro atoms. The molecule has 0 fully saturated rings. The zero-order chi connectivity index (χ0) is 18.4. The Kier molecular flexibility index (Phi) is 3.93. The Morgan fingerprint density at radius 2 is 2.00 bits per heavy atom. The zero-order valence-electron chi connectivity index (χ0n) is 15.5. The number of fused-ring (bicyclic) bond motifs is 4. The van der Waals surface area contributed by atoms with E-state index in [1.54, 1.807) is 0 Å². The van der Waals surface area contributed by atoms with Crippen molar-refractivity contribution >= 4 is 21.9 Å². The minimum Gasteiger partial charge on any atom is -0.396 e. The van der Waals surface area contributed by atoms with Crippen molar-refractivity contribution in [2.45, 2.75) is 45.7 Å². The third-order valence-electron chi connectivity index (χ3n) is 5.53. The third kappa shape index (κ3) is 2.47. The molecule has 6 heteroatoms. The van der Waals surface area contributed by atoms with Crippen LogP contribution >= 0.6 is 0 Å². The molecule has 0 saturated carbocycles. The van der Waals surface area contributed by atoms with Gasteiger partial charge in [0.05, 0.1) is 28.2 Å². The average Bonchev–Trinajstić information content (AvgIpc) is 3.23. The fourth-order valence-electron chi connectivity index (χ4n) is 4.22. The monoisotopic (exact) mass is 361 g/mol. The molecule has 5 rings (SSSR count). The van der Waals surface area contributed by atoms with Crippen molar-refractivity contribution in [1.29, 1.82) is 0 Å². The van der Waals surface area contributed by atoms with Gasteiger partial charge >= 0.3 is 0 Å². The smallest absolute Gasteiger partial charge is 0.160 e. The largest absolute Gasteiger partial charge is 0.396 e. The fourth-order valence-corrected chi connectivity index (χ4v) is 4.22. The molecule has 1 aliphatic carbocycles. The number of aromatic nitrogens is 5. The standard InChI is InChI=1S/C21H23N5O/c1-2-25-21-16(13-22-25)20-18-17(23-21)10-9-14-7-3-4-8-15(14)19(18)24-26(20)11-5-6-12-27/h3-4,7-8,13,27H,2,5-6,9-12H2,1H3. The lowest BCUT2D eigenvalue weighted by atomic mass is 10.0. The van der Waals surface area contributed by atoms with E-state index in [-0.39, 0.29) is 6.61 Å². The number of aliphatic hydroxyl groups is 1. The summed E-state index contributed by atoms with van der Waals surface area (Å²) in [5.41, 5.74) is 6.79. The number of pyridine rings is 1. The summed E-state index contributed by atoms with van der Waals surface area (Å²) in [6.07, 6.45) is 5.49. The van der Waals surface area contributed by atoms with Crippen molar-refractivity contribution in [2.24, 2.45) is 0 Å². The predicted molar refractivity (Wildman–Crippen MR) is 106 cm³/mol. The number of hydrogen-bond donors (Lipinski definition) is 1. The summed E-state index contributed by atoms with van der Waals surface area (Å²) in [7, 11) is 0. The second kappa shape index (κ2) is 6.46. The lowest BCUT2D eigenvalue weighted by Gasteiger charge is -2.08. The van der Waals surface area contributed by atoms with Gasteiger partial charge in [-0.15, -0.1) is 0 Å². The Labute approximate surface area is 157 Å². The van der Waals surface area contributed by atoms with E-state index in [9.17, 15) is 5.11 Å². The minimum atomic E-state index is 0.213. The topological polar surface area (TPSA) is 68.8 Å². The van der Waals surface area contributed by atoms with Gasteiger partial charge in [0.15, 0.2) is 5.65 Å².